The van der Waals surface area contributed by atoms with Crippen LogP contribution in [0.1, 0.15) is 32.0 Å². The zero-order valence-corrected chi connectivity index (χ0v) is 15.3. The third-order valence-electron chi connectivity index (χ3n) is 3.49. The number of aryl methyl sites for hydroxylation is 1. The van der Waals surface area contributed by atoms with Crippen LogP contribution in [-0.2, 0) is 18.3 Å². The van der Waals surface area contributed by atoms with Gasteiger partial charge in [-0.3, -0.25) is 9.58 Å². The van der Waals surface area contributed by atoms with Gasteiger partial charge in [0.15, 0.2) is 0 Å². The molecular weight excluding hydrogens is 296 g/mol. The second-order valence-corrected chi connectivity index (χ2v) is 7.09. The second kappa shape index (κ2) is 7.79. The summed E-state index contributed by atoms with van der Waals surface area (Å²) >= 11 is 0. The molecule has 1 heterocycles. The van der Waals surface area contributed by atoms with Crippen LogP contribution in [0.4, 0.5) is 4.79 Å². The van der Waals surface area contributed by atoms with Crippen LogP contribution < -0.4 is 0 Å². The molecule has 132 valence electrons. The summed E-state index contributed by atoms with van der Waals surface area (Å²) in [6, 6.07) is 0. The summed E-state index contributed by atoms with van der Waals surface area (Å²) < 4.78 is 7.10. The van der Waals surface area contributed by atoms with Gasteiger partial charge in [-0.2, -0.15) is 5.10 Å². The van der Waals surface area contributed by atoms with E-state index in [1.807, 2.05) is 57.6 Å². The third kappa shape index (κ3) is 6.58. The van der Waals surface area contributed by atoms with E-state index in [-0.39, 0.29) is 6.54 Å². The summed E-state index contributed by atoms with van der Waals surface area (Å²) in [6.45, 7) is 8.86. The lowest BCUT2D eigenvalue weighted by Crippen LogP contribution is -2.42. The van der Waals surface area contributed by atoms with Crippen LogP contribution in [0.25, 0.3) is 0 Å². The number of carbonyl (C=O) groups is 1. The van der Waals surface area contributed by atoms with Crippen molar-refractivity contribution in [1.29, 1.82) is 0 Å². The molecule has 0 saturated heterocycles. The highest BCUT2D eigenvalue weighted by Gasteiger charge is 2.22. The fourth-order valence-corrected chi connectivity index (χ4v) is 2.20. The Morgan fingerprint density at radius 1 is 1.39 bits per heavy atom. The van der Waals surface area contributed by atoms with Gasteiger partial charge in [-0.15, -0.1) is 0 Å². The van der Waals surface area contributed by atoms with Crippen LogP contribution in [-0.4, -0.2) is 69.7 Å². The lowest BCUT2D eigenvalue weighted by molar-refractivity contribution is 0.0173. The van der Waals surface area contributed by atoms with Gasteiger partial charge in [0, 0.05) is 38.4 Å². The van der Waals surface area contributed by atoms with Crippen molar-refractivity contribution in [1.82, 2.24) is 19.6 Å². The van der Waals surface area contributed by atoms with Crippen molar-refractivity contribution in [2.24, 2.45) is 7.05 Å². The maximum Gasteiger partial charge on any atom is 0.410 e. The van der Waals surface area contributed by atoms with Gasteiger partial charge < -0.3 is 14.7 Å². The Morgan fingerprint density at radius 3 is 2.48 bits per heavy atom. The first-order valence-electron chi connectivity index (χ1n) is 7.78. The molecule has 1 amide bonds. The number of nitrogens with zero attached hydrogens (tertiary/aromatic N) is 4. The van der Waals surface area contributed by atoms with Gasteiger partial charge in [-0.05, 0) is 34.7 Å². The molecule has 0 unspecified atom stereocenters. The quantitative estimate of drug-likeness (QED) is 0.855. The monoisotopic (exact) mass is 326 g/mol. The van der Waals surface area contributed by atoms with E-state index < -0.39 is 17.8 Å². The number of hydrogen-bond acceptors (Lipinski definition) is 5. The second-order valence-electron chi connectivity index (χ2n) is 7.09. The first kappa shape index (κ1) is 19.4. The lowest BCUT2D eigenvalue weighted by atomic mass is 10.2. The normalized spacial score (nSPS) is 13.3. The van der Waals surface area contributed by atoms with Crippen molar-refractivity contribution in [2.45, 2.75) is 45.9 Å². The molecule has 7 nitrogen and oxygen atoms in total. The molecule has 23 heavy (non-hydrogen) atoms. The fraction of sp³-hybridized carbons (Fsp3) is 0.750. The number of aliphatic hydroxyl groups excluding tert-OH is 1. The molecule has 0 aliphatic carbocycles. The van der Waals surface area contributed by atoms with Gasteiger partial charge in [-0.1, -0.05) is 0 Å². The van der Waals surface area contributed by atoms with E-state index in [0.29, 0.717) is 13.1 Å². The van der Waals surface area contributed by atoms with E-state index in [0.717, 1.165) is 11.3 Å². The first-order chi connectivity index (χ1) is 10.5. The Balaban J connectivity index is 2.44. The predicted molar refractivity (Wildman–Crippen MR) is 89.1 cm³/mol. The van der Waals surface area contributed by atoms with Crippen molar-refractivity contribution >= 4 is 6.09 Å². The van der Waals surface area contributed by atoms with Gasteiger partial charge in [0.2, 0.25) is 0 Å². The molecule has 0 bridgehead atoms. The minimum absolute atomic E-state index is 0.227. The van der Waals surface area contributed by atoms with Crippen molar-refractivity contribution in [3.05, 3.63) is 17.5 Å². The van der Waals surface area contributed by atoms with Gasteiger partial charge in [0.25, 0.3) is 0 Å². The highest BCUT2D eigenvalue weighted by Crippen LogP contribution is 2.11. The first-order valence-corrected chi connectivity index (χ1v) is 7.78. The van der Waals surface area contributed by atoms with Crippen molar-refractivity contribution in [2.75, 3.05) is 27.2 Å². The molecule has 1 N–H and O–H groups in total. The molecular formula is C16H30N4O3. The maximum atomic E-state index is 11.9. The summed E-state index contributed by atoms with van der Waals surface area (Å²) in [5.74, 6) is 0. The number of rotatable bonds is 6. The highest BCUT2D eigenvalue weighted by molar-refractivity contribution is 5.67. The number of aliphatic hydroxyl groups is 1. The Hall–Kier alpha value is -1.60. The smallest absolute Gasteiger partial charge is 0.410 e. The highest BCUT2D eigenvalue weighted by atomic mass is 16.6. The lowest BCUT2D eigenvalue weighted by Gasteiger charge is -2.27. The number of hydrogen-bond donors (Lipinski definition) is 1. The van der Waals surface area contributed by atoms with Crippen molar-refractivity contribution in [3.8, 4) is 0 Å². The molecule has 0 radical (unpaired) electrons. The number of amides is 1. The summed E-state index contributed by atoms with van der Waals surface area (Å²) in [7, 11) is 5.47. The summed E-state index contributed by atoms with van der Waals surface area (Å²) in [5.41, 5.74) is 1.70. The minimum Gasteiger partial charge on any atom is -0.444 e. The van der Waals surface area contributed by atoms with Gasteiger partial charge in [-0.25, -0.2) is 4.79 Å². The van der Waals surface area contributed by atoms with Crippen molar-refractivity contribution < 1.29 is 14.6 Å². The maximum absolute atomic E-state index is 11.9. The van der Waals surface area contributed by atoms with E-state index in [1.165, 1.54) is 4.90 Å². The van der Waals surface area contributed by atoms with Crippen LogP contribution in [0.3, 0.4) is 0 Å². The molecule has 0 fully saturated rings. The Bertz CT molecular complexity index is 522. The topological polar surface area (TPSA) is 70.8 Å². The Labute approximate surface area is 138 Å². The minimum atomic E-state index is -0.644. The van der Waals surface area contributed by atoms with Gasteiger partial charge in [0.05, 0.1) is 18.8 Å². The third-order valence-corrected chi connectivity index (χ3v) is 3.49. The number of carbonyl (C=O) groups excluding carboxylic acids is 1. The van der Waals surface area contributed by atoms with Crippen LogP contribution in [0.5, 0.6) is 0 Å². The summed E-state index contributed by atoms with van der Waals surface area (Å²) in [4.78, 5) is 15.3. The molecule has 0 aliphatic rings. The summed E-state index contributed by atoms with van der Waals surface area (Å²) in [5, 5.41) is 14.4. The zero-order valence-electron chi connectivity index (χ0n) is 15.3. The van der Waals surface area contributed by atoms with Crippen LogP contribution in [0, 0.1) is 6.92 Å². The average molecular weight is 326 g/mol. The van der Waals surface area contributed by atoms with Crippen LogP contribution in [0.2, 0.25) is 0 Å². The molecule has 1 aromatic rings. The van der Waals surface area contributed by atoms with Crippen molar-refractivity contribution in [3.63, 3.8) is 0 Å². The molecule has 1 atom stereocenters. The SMILES string of the molecule is Cc1c(CN(C)C[C@H](O)CN(C)C(=O)OC(C)(C)C)cnn1C. The Kier molecular flexibility index (Phi) is 6.58. The van der Waals surface area contributed by atoms with E-state index in [2.05, 4.69) is 5.10 Å². The average Bonchev–Trinajstić information content (AvgIpc) is 2.68. The molecule has 0 spiro atoms. The summed E-state index contributed by atoms with van der Waals surface area (Å²) in [6.07, 6.45) is 0.766. The molecule has 1 aromatic heterocycles. The van der Waals surface area contributed by atoms with Crippen LogP contribution >= 0.6 is 0 Å². The van der Waals surface area contributed by atoms with Crippen LogP contribution in [0.15, 0.2) is 6.20 Å². The largest absolute Gasteiger partial charge is 0.444 e. The van der Waals surface area contributed by atoms with Gasteiger partial charge in [0.1, 0.15) is 5.60 Å². The van der Waals surface area contributed by atoms with Gasteiger partial charge >= 0.3 is 6.09 Å². The van der Waals surface area contributed by atoms with E-state index >= 15 is 0 Å². The molecule has 1 rings (SSSR count). The molecule has 7 heteroatoms. The predicted octanol–water partition coefficient (Wildman–Crippen LogP) is 1.39. The molecule has 0 saturated carbocycles. The van der Waals surface area contributed by atoms with E-state index in [1.54, 1.807) is 7.05 Å². The number of likely N-dealkylation sites (N-methyl/N-ethyl adjacent to an activating group) is 2. The Morgan fingerprint density at radius 2 is 2.00 bits per heavy atom. The number of ether oxygens (including phenoxy) is 1. The number of aromatic nitrogens is 2. The zero-order chi connectivity index (χ0) is 17.8. The van der Waals surface area contributed by atoms with E-state index in [9.17, 15) is 9.90 Å². The molecule has 0 aromatic carbocycles. The molecule has 0 aliphatic heterocycles. The standard InChI is InChI=1S/C16H30N4O3/c1-12-13(8-17-20(12)7)9-18(5)10-14(21)11-19(6)15(22)23-16(2,3)4/h8,14,21H,9-11H2,1-7H3/t14-/m0/s1. The fourth-order valence-electron chi connectivity index (χ4n) is 2.20. The van der Waals surface area contributed by atoms with E-state index in [4.69, 9.17) is 4.74 Å².